The van der Waals surface area contributed by atoms with Crippen LogP contribution in [0.1, 0.15) is 18.9 Å². The fraction of sp³-hybridized carbons (Fsp3) is 0.357. The first-order valence-electron chi connectivity index (χ1n) is 12.2. The van der Waals surface area contributed by atoms with E-state index in [1.165, 1.54) is 0 Å². The highest BCUT2D eigenvalue weighted by atomic mass is 16.5. The molecule has 8 nitrogen and oxygen atoms in total. The molecule has 1 saturated carbocycles. The van der Waals surface area contributed by atoms with Gasteiger partial charge in [0.15, 0.2) is 6.61 Å². The van der Waals surface area contributed by atoms with Crippen molar-refractivity contribution in [1.82, 2.24) is 4.90 Å². The van der Waals surface area contributed by atoms with Gasteiger partial charge in [-0.3, -0.25) is 19.3 Å². The van der Waals surface area contributed by atoms with Gasteiger partial charge in [0.05, 0.1) is 18.4 Å². The number of allylic oxidation sites excluding steroid dienone is 2. The predicted octanol–water partition coefficient (Wildman–Crippen LogP) is 2.99. The van der Waals surface area contributed by atoms with Gasteiger partial charge in [0, 0.05) is 12.1 Å². The number of likely N-dealkylation sites (tertiary alicyclic amines) is 1. The predicted molar refractivity (Wildman–Crippen MR) is 131 cm³/mol. The molecule has 1 heterocycles. The summed E-state index contributed by atoms with van der Waals surface area (Å²) in [4.78, 5) is 53.5. The second kappa shape index (κ2) is 9.97. The number of ether oxygens (including phenoxy) is 2. The minimum Gasteiger partial charge on any atom is -0.494 e. The van der Waals surface area contributed by atoms with E-state index in [0.717, 1.165) is 16.9 Å². The largest absolute Gasteiger partial charge is 0.494 e. The second-order valence-corrected chi connectivity index (χ2v) is 9.37. The summed E-state index contributed by atoms with van der Waals surface area (Å²) >= 11 is 0. The molecule has 1 aliphatic heterocycles. The number of amides is 3. The number of hydrogen-bond acceptors (Lipinski definition) is 6. The summed E-state index contributed by atoms with van der Waals surface area (Å²) in [5, 5.41) is 2.67. The number of carbonyl (C=O) groups excluding carboxylic acids is 4. The number of benzene rings is 2. The zero-order chi connectivity index (χ0) is 25.2. The molecule has 1 saturated heterocycles. The van der Waals surface area contributed by atoms with E-state index in [9.17, 15) is 19.2 Å². The second-order valence-electron chi connectivity index (χ2n) is 9.37. The monoisotopic (exact) mass is 488 g/mol. The topological polar surface area (TPSA) is 102 Å². The molecule has 8 heteroatoms. The molecule has 2 aromatic rings. The number of nitrogens with one attached hydrogen (secondary N) is 1. The van der Waals surface area contributed by atoms with Crippen LogP contribution in [-0.4, -0.2) is 47.8 Å². The van der Waals surface area contributed by atoms with Crippen LogP contribution in [0.15, 0.2) is 66.7 Å². The third kappa shape index (κ3) is 4.51. The van der Waals surface area contributed by atoms with Crippen LogP contribution in [0.4, 0.5) is 5.69 Å². The van der Waals surface area contributed by atoms with E-state index in [0.29, 0.717) is 18.0 Å². The van der Waals surface area contributed by atoms with Crippen LogP contribution in [0.25, 0.3) is 0 Å². The number of rotatable bonds is 9. The highest BCUT2D eigenvalue weighted by Crippen LogP contribution is 2.53. The van der Waals surface area contributed by atoms with Crippen molar-refractivity contribution in [3.05, 3.63) is 72.3 Å². The lowest BCUT2D eigenvalue weighted by molar-refractivity contribution is -0.160. The molecular formula is C28H28N2O6. The maximum atomic E-state index is 13.4. The third-order valence-corrected chi connectivity index (χ3v) is 7.15. The smallest absolute Gasteiger partial charge is 0.330 e. The normalized spacial score (nSPS) is 24.5. The average molecular weight is 489 g/mol. The molecule has 1 N–H and O–H groups in total. The van der Waals surface area contributed by atoms with Gasteiger partial charge < -0.3 is 14.8 Å². The van der Waals surface area contributed by atoms with Gasteiger partial charge in [0.1, 0.15) is 11.8 Å². The van der Waals surface area contributed by atoms with E-state index in [-0.39, 0.29) is 30.1 Å². The number of nitrogens with zero attached hydrogens (tertiary/aromatic N) is 1. The quantitative estimate of drug-likeness (QED) is 0.331. The van der Waals surface area contributed by atoms with Crippen LogP contribution in [0.2, 0.25) is 0 Å². The highest BCUT2D eigenvalue weighted by Gasteiger charge is 2.61. The molecule has 5 atom stereocenters. The number of anilines is 1. The minimum absolute atomic E-state index is 0.0368. The van der Waals surface area contributed by atoms with Gasteiger partial charge in [-0.25, -0.2) is 4.79 Å². The average Bonchev–Trinajstić information content (AvgIpc) is 3.57. The molecule has 3 amide bonds. The summed E-state index contributed by atoms with van der Waals surface area (Å²) in [5.74, 6) is -2.02. The van der Waals surface area contributed by atoms with Crippen molar-refractivity contribution < 1.29 is 28.7 Å². The van der Waals surface area contributed by atoms with Crippen LogP contribution >= 0.6 is 0 Å². The number of hydrogen-bond donors (Lipinski definition) is 1. The molecule has 0 aromatic heterocycles. The van der Waals surface area contributed by atoms with Gasteiger partial charge in [-0.05, 0) is 55.0 Å². The van der Waals surface area contributed by atoms with Crippen LogP contribution in [0.5, 0.6) is 5.75 Å². The molecule has 2 fully saturated rings. The Kier molecular flexibility index (Phi) is 6.59. The minimum atomic E-state index is -1.13. The Morgan fingerprint density at radius 3 is 2.22 bits per heavy atom. The van der Waals surface area contributed by atoms with Gasteiger partial charge >= 0.3 is 5.97 Å². The zero-order valence-electron chi connectivity index (χ0n) is 20.0. The molecule has 3 aliphatic rings. The first kappa shape index (κ1) is 23.8. The van der Waals surface area contributed by atoms with Gasteiger partial charge in [-0.15, -0.1) is 0 Å². The summed E-state index contributed by atoms with van der Waals surface area (Å²) < 4.78 is 10.7. The van der Waals surface area contributed by atoms with Crippen molar-refractivity contribution >= 4 is 29.4 Å². The van der Waals surface area contributed by atoms with Gasteiger partial charge in [0.25, 0.3) is 5.91 Å². The summed E-state index contributed by atoms with van der Waals surface area (Å²) in [5.41, 5.74) is 1.32. The number of imide groups is 1. The van der Waals surface area contributed by atoms with E-state index in [1.54, 1.807) is 24.3 Å². The van der Waals surface area contributed by atoms with Crippen molar-refractivity contribution in [3.63, 3.8) is 0 Å². The molecule has 2 bridgehead atoms. The molecule has 0 radical (unpaired) electrons. The molecule has 0 unspecified atom stereocenters. The van der Waals surface area contributed by atoms with Gasteiger partial charge in [0.2, 0.25) is 11.8 Å². The summed E-state index contributed by atoms with van der Waals surface area (Å²) in [7, 11) is 0. The molecular weight excluding hydrogens is 460 g/mol. The Morgan fingerprint density at radius 2 is 1.61 bits per heavy atom. The van der Waals surface area contributed by atoms with E-state index in [2.05, 4.69) is 5.32 Å². The van der Waals surface area contributed by atoms with Crippen LogP contribution in [0.3, 0.4) is 0 Å². The van der Waals surface area contributed by atoms with Crippen LogP contribution < -0.4 is 10.1 Å². The van der Waals surface area contributed by atoms with Gasteiger partial charge in [-0.2, -0.15) is 0 Å². The fourth-order valence-electron chi connectivity index (χ4n) is 5.58. The summed E-state index contributed by atoms with van der Waals surface area (Å²) in [6.45, 7) is 1.88. The van der Waals surface area contributed by atoms with E-state index >= 15 is 0 Å². The molecule has 5 rings (SSSR count). The van der Waals surface area contributed by atoms with Crippen molar-refractivity contribution in [3.8, 4) is 5.75 Å². The lowest BCUT2D eigenvalue weighted by Gasteiger charge is -2.26. The number of esters is 1. The zero-order valence-corrected chi connectivity index (χ0v) is 20.0. The van der Waals surface area contributed by atoms with Crippen molar-refractivity contribution in [2.75, 3.05) is 18.5 Å². The SMILES string of the molecule is CCOc1ccc(NC(=O)COC(=O)[C@H](Cc2ccccc2)N2C(=O)[C@@H]3[C@H](C2=O)[C@H]2C=C[C@H]3C2)cc1. The van der Waals surface area contributed by atoms with E-state index in [1.807, 2.05) is 49.4 Å². The number of carbonyl (C=O) groups is 4. The summed E-state index contributed by atoms with van der Waals surface area (Å²) in [6, 6.07) is 14.9. The van der Waals surface area contributed by atoms with Gasteiger partial charge in [-0.1, -0.05) is 42.5 Å². The lowest BCUT2D eigenvalue weighted by Crippen LogP contribution is -2.48. The van der Waals surface area contributed by atoms with Crippen LogP contribution in [-0.2, 0) is 30.3 Å². The fourth-order valence-corrected chi connectivity index (χ4v) is 5.58. The first-order chi connectivity index (χ1) is 17.5. The van der Waals surface area contributed by atoms with Crippen LogP contribution in [0, 0.1) is 23.7 Å². The Balaban J connectivity index is 1.28. The maximum absolute atomic E-state index is 13.4. The lowest BCUT2D eigenvalue weighted by atomic mass is 9.85. The summed E-state index contributed by atoms with van der Waals surface area (Å²) in [6.07, 6.45) is 4.95. The highest BCUT2D eigenvalue weighted by molar-refractivity contribution is 6.09. The molecule has 36 heavy (non-hydrogen) atoms. The standard InChI is InChI=1S/C28H28N2O6/c1-2-35-21-12-10-20(11-13-21)29-23(31)16-36-28(34)22(14-17-6-4-3-5-7-17)30-26(32)24-18-8-9-19(15-18)25(24)27(30)33/h3-13,18-19,22,24-25H,2,14-16H2,1H3,(H,29,31)/t18-,19-,22-,24-,25+/m0/s1. The number of fused-ring (bicyclic) bond motifs is 5. The molecule has 2 aromatic carbocycles. The molecule has 186 valence electrons. The molecule has 2 aliphatic carbocycles. The molecule has 0 spiro atoms. The van der Waals surface area contributed by atoms with Crippen molar-refractivity contribution in [1.29, 1.82) is 0 Å². The van der Waals surface area contributed by atoms with E-state index in [4.69, 9.17) is 9.47 Å². The first-order valence-corrected chi connectivity index (χ1v) is 12.2. The Bertz CT molecular complexity index is 1160. The van der Waals surface area contributed by atoms with Crippen molar-refractivity contribution in [2.24, 2.45) is 23.7 Å². The van der Waals surface area contributed by atoms with E-state index < -0.39 is 36.4 Å². The third-order valence-electron chi connectivity index (χ3n) is 7.15. The Labute approximate surface area is 209 Å². The van der Waals surface area contributed by atoms with Crippen molar-refractivity contribution in [2.45, 2.75) is 25.8 Å². The maximum Gasteiger partial charge on any atom is 0.330 e. The Morgan fingerprint density at radius 1 is 0.972 bits per heavy atom. The Hall–Kier alpha value is -3.94.